The van der Waals surface area contributed by atoms with Crippen molar-refractivity contribution in [2.24, 2.45) is 0 Å². The van der Waals surface area contributed by atoms with E-state index in [4.69, 9.17) is 23.7 Å². The Kier molecular flexibility index (Phi) is 4.50. The molecule has 0 aromatic heterocycles. The molecule has 2 atom stereocenters. The fourth-order valence-corrected chi connectivity index (χ4v) is 5.01. The van der Waals surface area contributed by atoms with Crippen molar-refractivity contribution in [1.29, 1.82) is 0 Å². The topological polar surface area (TPSA) is 66.5 Å². The Bertz CT molecular complexity index is 1030. The second-order valence-corrected chi connectivity index (χ2v) is 7.84. The number of fused-ring (bicyclic) bond motifs is 3. The van der Waals surface area contributed by atoms with Gasteiger partial charge in [0.15, 0.2) is 23.0 Å². The molecule has 2 aromatic carbocycles. The Morgan fingerprint density at radius 2 is 1.83 bits per heavy atom. The molecule has 0 amide bonds. The van der Waals surface area contributed by atoms with Crippen LogP contribution in [-0.4, -0.2) is 52.4 Å². The number of ether oxygens (including phenoxy) is 5. The van der Waals surface area contributed by atoms with Gasteiger partial charge in [0.1, 0.15) is 11.7 Å². The number of hydrogen-bond donors (Lipinski definition) is 0. The average Bonchev–Trinajstić information content (AvgIpc) is 3.35. The summed E-state index contributed by atoms with van der Waals surface area (Å²) in [5.41, 5.74) is 4.67. The molecule has 7 nitrogen and oxygen atoms in total. The van der Waals surface area contributed by atoms with Crippen molar-refractivity contribution in [1.82, 2.24) is 4.90 Å². The lowest BCUT2D eigenvalue weighted by atomic mass is 9.84. The lowest BCUT2D eigenvalue weighted by molar-refractivity contribution is 0.00873. The summed E-state index contributed by atoms with van der Waals surface area (Å²) in [7, 11) is 6.81. The highest BCUT2D eigenvalue weighted by Gasteiger charge is 2.45. The van der Waals surface area contributed by atoms with Crippen LogP contribution < -0.4 is 18.9 Å². The van der Waals surface area contributed by atoms with E-state index in [1.807, 2.05) is 19.2 Å². The number of esters is 1. The van der Waals surface area contributed by atoms with Crippen molar-refractivity contribution in [3.05, 3.63) is 46.0 Å². The first kappa shape index (κ1) is 19.1. The lowest BCUT2D eigenvalue weighted by Crippen LogP contribution is -2.36. The van der Waals surface area contributed by atoms with E-state index in [9.17, 15) is 4.79 Å². The predicted molar refractivity (Wildman–Crippen MR) is 109 cm³/mol. The van der Waals surface area contributed by atoms with Crippen molar-refractivity contribution >= 4 is 5.97 Å². The molecule has 158 valence electrons. The summed E-state index contributed by atoms with van der Waals surface area (Å²) in [6.45, 7) is 1.52. The van der Waals surface area contributed by atoms with Gasteiger partial charge in [-0.2, -0.15) is 0 Å². The van der Waals surface area contributed by atoms with Gasteiger partial charge in [-0.15, -0.1) is 0 Å². The zero-order chi connectivity index (χ0) is 21.0. The molecule has 0 spiro atoms. The molecule has 0 fully saturated rings. The molecule has 0 aliphatic carbocycles. The molecule has 0 bridgehead atoms. The predicted octanol–water partition coefficient (Wildman–Crippen LogP) is 3.09. The molecule has 3 heterocycles. The highest BCUT2D eigenvalue weighted by atomic mass is 16.6. The number of rotatable bonds is 4. The first-order valence-electron chi connectivity index (χ1n) is 10.1. The SMILES string of the molecule is COc1ccc2c(c1OC)C(=O)O[C@@H]2C1c2c(cc3c(c2OC)OCC3)CCN1C. The third-order valence-electron chi connectivity index (χ3n) is 6.37. The quantitative estimate of drug-likeness (QED) is 0.717. The van der Waals surface area contributed by atoms with Crippen molar-refractivity contribution in [3.63, 3.8) is 0 Å². The van der Waals surface area contributed by atoms with Crippen molar-refractivity contribution in [2.45, 2.75) is 25.0 Å². The summed E-state index contributed by atoms with van der Waals surface area (Å²) in [5, 5.41) is 0. The van der Waals surface area contributed by atoms with Crippen LogP contribution in [0, 0.1) is 0 Å². The molecule has 3 aliphatic heterocycles. The highest BCUT2D eigenvalue weighted by Crippen LogP contribution is 2.53. The summed E-state index contributed by atoms with van der Waals surface area (Å²) in [6.07, 6.45) is 1.31. The van der Waals surface area contributed by atoms with E-state index in [1.54, 1.807) is 14.2 Å². The maximum Gasteiger partial charge on any atom is 0.343 e. The van der Waals surface area contributed by atoms with Crippen LogP contribution in [0.1, 0.15) is 44.8 Å². The molecular weight excluding hydrogens is 386 g/mol. The number of carbonyl (C=O) groups is 1. The van der Waals surface area contributed by atoms with E-state index < -0.39 is 12.1 Å². The van der Waals surface area contributed by atoms with E-state index >= 15 is 0 Å². The van der Waals surface area contributed by atoms with Crippen molar-refractivity contribution < 1.29 is 28.5 Å². The summed E-state index contributed by atoms with van der Waals surface area (Å²) >= 11 is 0. The van der Waals surface area contributed by atoms with Gasteiger partial charge < -0.3 is 23.7 Å². The largest absolute Gasteiger partial charge is 0.493 e. The Hall–Kier alpha value is -2.93. The number of cyclic esters (lactones) is 1. The minimum atomic E-state index is -0.482. The number of nitrogens with zero attached hydrogens (tertiary/aromatic N) is 1. The normalized spacial score (nSPS) is 21.9. The first-order valence-corrected chi connectivity index (χ1v) is 10.1. The van der Waals surface area contributed by atoms with Crippen LogP contribution >= 0.6 is 0 Å². The number of carbonyl (C=O) groups excluding carboxylic acids is 1. The molecule has 0 radical (unpaired) electrons. The highest BCUT2D eigenvalue weighted by molar-refractivity contribution is 5.98. The maximum absolute atomic E-state index is 12.9. The van der Waals surface area contributed by atoms with E-state index in [-0.39, 0.29) is 6.04 Å². The molecule has 2 aromatic rings. The van der Waals surface area contributed by atoms with Gasteiger partial charge in [-0.1, -0.05) is 12.1 Å². The van der Waals surface area contributed by atoms with Crippen LogP contribution in [0.3, 0.4) is 0 Å². The number of hydrogen-bond acceptors (Lipinski definition) is 7. The van der Waals surface area contributed by atoms with Gasteiger partial charge in [0.05, 0.1) is 34.0 Å². The van der Waals surface area contributed by atoms with Crippen LogP contribution in [0.25, 0.3) is 0 Å². The van der Waals surface area contributed by atoms with Crippen molar-refractivity contribution in [3.8, 4) is 23.0 Å². The average molecular weight is 411 g/mol. The van der Waals surface area contributed by atoms with Crippen molar-refractivity contribution in [2.75, 3.05) is 41.5 Å². The van der Waals surface area contributed by atoms with Gasteiger partial charge in [-0.25, -0.2) is 4.79 Å². The molecule has 5 rings (SSSR count). The fourth-order valence-electron chi connectivity index (χ4n) is 5.01. The molecule has 30 heavy (non-hydrogen) atoms. The zero-order valence-corrected chi connectivity index (χ0v) is 17.6. The summed E-state index contributed by atoms with van der Waals surface area (Å²) < 4.78 is 28.6. The Labute approximate surface area is 175 Å². The lowest BCUT2D eigenvalue weighted by Gasteiger charge is -2.38. The van der Waals surface area contributed by atoms with Gasteiger partial charge in [-0.05, 0) is 25.1 Å². The molecule has 1 unspecified atom stereocenters. The van der Waals surface area contributed by atoms with Gasteiger partial charge in [-0.3, -0.25) is 4.90 Å². The fraction of sp³-hybridized carbons (Fsp3) is 0.435. The van der Waals surface area contributed by atoms with Gasteiger partial charge >= 0.3 is 5.97 Å². The van der Waals surface area contributed by atoms with Crippen LogP contribution in [-0.2, 0) is 17.6 Å². The molecule has 0 saturated heterocycles. The van der Waals surface area contributed by atoms with Crippen LogP contribution in [0.4, 0.5) is 0 Å². The summed E-state index contributed by atoms with van der Waals surface area (Å²) in [6, 6.07) is 5.75. The molecule has 0 N–H and O–H groups in total. The minimum absolute atomic E-state index is 0.193. The Balaban J connectivity index is 1.69. The molecular formula is C23H25NO6. The second kappa shape index (κ2) is 7.09. The van der Waals surface area contributed by atoms with E-state index in [2.05, 4.69) is 11.0 Å². The van der Waals surface area contributed by atoms with E-state index in [0.717, 1.165) is 42.0 Å². The van der Waals surface area contributed by atoms with E-state index in [1.165, 1.54) is 18.2 Å². The van der Waals surface area contributed by atoms with Gasteiger partial charge in [0, 0.05) is 29.7 Å². The maximum atomic E-state index is 12.9. The summed E-state index contributed by atoms with van der Waals surface area (Å²) in [4.78, 5) is 15.1. The third-order valence-corrected chi connectivity index (χ3v) is 6.37. The van der Waals surface area contributed by atoms with Gasteiger partial charge in [0.25, 0.3) is 0 Å². The minimum Gasteiger partial charge on any atom is -0.493 e. The standard InChI is InChI=1S/C23H25NO6/c1-24-9-7-12-11-13-8-10-29-19(13)22(28-4)16(12)18(24)20-14-5-6-15(26-2)21(27-3)17(14)23(25)30-20/h5-6,11,18,20H,7-10H2,1-4H3/t18?,20-/m0/s1. The molecule has 7 heteroatoms. The van der Waals surface area contributed by atoms with Crippen LogP contribution in [0.2, 0.25) is 0 Å². The third kappa shape index (κ3) is 2.58. The smallest absolute Gasteiger partial charge is 0.343 e. The molecule has 3 aliphatic rings. The summed E-state index contributed by atoms with van der Waals surface area (Å²) in [5.74, 6) is 2.08. The number of likely N-dealkylation sites (N-methyl/N-ethyl adjacent to an activating group) is 1. The number of benzene rings is 2. The monoisotopic (exact) mass is 411 g/mol. The zero-order valence-electron chi connectivity index (χ0n) is 17.6. The number of methoxy groups -OCH3 is 3. The van der Waals surface area contributed by atoms with Crippen LogP contribution in [0.5, 0.6) is 23.0 Å². The molecule has 0 saturated carbocycles. The Morgan fingerprint density at radius 3 is 2.57 bits per heavy atom. The van der Waals surface area contributed by atoms with Gasteiger partial charge in [0.2, 0.25) is 0 Å². The second-order valence-electron chi connectivity index (χ2n) is 7.84. The first-order chi connectivity index (χ1) is 14.6. The van der Waals surface area contributed by atoms with E-state index in [0.29, 0.717) is 23.7 Å². The Morgan fingerprint density at radius 1 is 1.03 bits per heavy atom. The van der Waals surface area contributed by atoms with Crippen LogP contribution in [0.15, 0.2) is 18.2 Å².